The topological polar surface area (TPSA) is 68.3 Å². The number of hydrogen-bond donors (Lipinski definition) is 1. The van der Waals surface area contributed by atoms with Crippen LogP contribution in [0, 0.1) is 0 Å². The third kappa shape index (κ3) is 3.94. The van der Waals surface area contributed by atoms with Gasteiger partial charge in [0.1, 0.15) is 5.69 Å². The van der Waals surface area contributed by atoms with Gasteiger partial charge in [-0.3, -0.25) is 9.59 Å². The fourth-order valence-corrected chi connectivity index (χ4v) is 3.21. The number of pyridine rings is 1. The molecule has 11 heteroatoms. The van der Waals surface area contributed by atoms with Crippen molar-refractivity contribution in [2.45, 2.75) is 38.4 Å². The minimum Gasteiger partial charge on any atom is -0.394 e. The van der Waals surface area contributed by atoms with Gasteiger partial charge in [0.25, 0.3) is 11.5 Å². The van der Waals surface area contributed by atoms with Gasteiger partial charge < -0.3 is 15.2 Å². The second-order valence-corrected chi connectivity index (χ2v) is 6.79. The number of alkyl halides is 6. The van der Waals surface area contributed by atoms with Crippen molar-refractivity contribution in [1.82, 2.24) is 9.47 Å². The summed E-state index contributed by atoms with van der Waals surface area (Å²) in [5.74, 6) is -0.688. The smallest absolute Gasteiger partial charge is 0.394 e. The average Bonchev–Trinajstić information content (AvgIpc) is 2.60. The second kappa shape index (κ2) is 6.82. The molecule has 1 aliphatic rings. The Kier molecular flexibility index (Phi) is 4.88. The number of carbonyl (C=O) groups is 1. The molecular weight excluding hydrogens is 404 g/mol. The Labute approximate surface area is 160 Å². The lowest BCUT2D eigenvalue weighted by Gasteiger charge is -2.35. The molecule has 29 heavy (non-hydrogen) atoms. The van der Waals surface area contributed by atoms with Crippen LogP contribution in [0.25, 0.3) is 0 Å². The summed E-state index contributed by atoms with van der Waals surface area (Å²) in [6.07, 6.45) is -9.96. The van der Waals surface area contributed by atoms with Crippen LogP contribution in [-0.2, 0) is 25.4 Å². The highest BCUT2D eigenvalue weighted by molar-refractivity contribution is 5.93. The molecule has 0 saturated heterocycles. The highest BCUT2D eigenvalue weighted by atomic mass is 19.4. The zero-order chi connectivity index (χ0) is 21.7. The van der Waals surface area contributed by atoms with E-state index in [4.69, 9.17) is 5.73 Å². The molecule has 1 unspecified atom stereocenters. The van der Waals surface area contributed by atoms with E-state index in [0.29, 0.717) is 12.1 Å². The van der Waals surface area contributed by atoms with Crippen LogP contribution in [0.3, 0.4) is 0 Å². The molecule has 0 fully saturated rings. The number of carbonyl (C=O) groups excluding carboxylic acids is 1. The Bertz CT molecular complexity index is 993. The molecule has 0 bridgehead atoms. The van der Waals surface area contributed by atoms with Crippen LogP contribution in [0.1, 0.15) is 34.1 Å². The van der Waals surface area contributed by atoms with Gasteiger partial charge in [-0.1, -0.05) is 0 Å². The average molecular weight is 419 g/mol. The van der Waals surface area contributed by atoms with E-state index < -0.39 is 47.5 Å². The molecule has 1 aromatic carbocycles. The first kappa shape index (κ1) is 20.7. The van der Waals surface area contributed by atoms with Gasteiger partial charge >= 0.3 is 12.4 Å². The minimum atomic E-state index is -4.98. The Morgan fingerprint density at radius 3 is 2.07 bits per heavy atom. The lowest BCUT2D eigenvalue weighted by Crippen LogP contribution is -2.49. The summed E-state index contributed by atoms with van der Waals surface area (Å²) in [4.78, 5) is 26.0. The maximum atomic E-state index is 13.0. The van der Waals surface area contributed by atoms with Gasteiger partial charge in [0.05, 0.1) is 16.8 Å². The van der Waals surface area contributed by atoms with Crippen LogP contribution in [0.5, 0.6) is 0 Å². The number of amides is 1. The predicted molar refractivity (Wildman–Crippen MR) is 90.9 cm³/mol. The summed E-state index contributed by atoms with van der Waals surface area (Å²) in [6.45, 7) is 1.07. The molecule has 0 aliphatic carbocycles. The first-order valence-corrected chi connectivity index (χ1v) is 8.37. The third-order valence-electron chi connectivity index (χ3n) is 4.66. The lowest BCUT2D eigenvalue weighted by molar-refractivity contribution is -0.143. The van der Waals surface area contributed by atoms with Crippen molar-refractivity contribution >= 4 is 11.6 Å². The number of anilines is 1. The number of nitrogens with two attached hydrogens (primary N) is 1. The first-order valence-electron chi connectivity index (χ1n) is 8.37. The zero-order valence-corrected chi connectivity index (χ0v) is 14.9. The molecule has 0 radical (unpaired) electrons. The van der Waals surface area contributed by atoms with Gasteiger partial charge in [-0.05, 0) is 42.8 Å². The molecule has 0 spiro atoms. The van der Waals surface area contributed by atoms with E-state index in [0.717, 1.165) is 9.47 Å². The second-order valence-electron chi connectivity index (χ2n) is 6.79. The van der Waals surface area contributed by atoms with E-state index in [2.05, 4.69) is 0 Å². The van der Waals surface area contributed by atoms with Crippen LogP contribution in [-0.4, -0.2) is 21.4 Å². The predicted octanol–water partition coefficient (Wildman–Crippen LogP) is 3.51. The molecule has 0 saturated carbocycles. The zero-order valence-electron chi connectivity index (χ0n) is 14.9. The van der Waals surface area contributed by atoms with Crippen molar-refractivity contribution in [1.29, 1.82) is 0 Å². The number of hydrogen-bond acceptors (Lipinski definition) is 3. The maximum Gasteiger partial charge on any atom is 0.416 e. The van der Waals surface area contributed by atoms with Crippen molar-refractivity contribution in [2.75, 3.05) is 5.73 Å². The van der Waals surface area contributed by atoms with Gasteiger partial charge in [0.2, 0.25) is 0 Å². The first-order chi connectivity index (χ1) is 13.3. The molecule has 1 aromatic heterocycles. The molecule has 2 heterocycles. The molecule has 1 atom stereocenters. The van der Waals surface area contributed by atoms with Gasteiger partial charge in [-0.15, -0.1) is 0 Å². The third-order valence-corrected chi connectivity index (χ3v) is 4.66. The van der Waals surface area contributed by atoms with E-state index in [9.17, 15) is 35.9 Å². The molecule has 1 aliphatic heterocycles. The summed E-state index contributed by atoms with van der Waals surface area (Å²) in [5.41, 5.74) is 1.61. The number of aromatic nitrogens is 1. The van der Waals surface area contributed by atoms with Gasteiger partial charge in [0.15, 0.2) is 0 Å². The minimum absolute atomic E-state index is 0.00996. The molecular formula is C18H15F6N3O2. The Morgan fingerprint density at radius 1 is 1.00 bits per heavy atom. The summed E-state index contributed by atoms with van der Waals surface area (Å²) in [5, 5.41) is 0. The fourth-order valence-electron chi connectivity index (χ4n) is 3.21. The number of nitrogens with zero attached hydrogens (tertiary/aromatic N) is 2. The standard InChI is InChI=1S/C18H15F6N3O2/c1-9-7-27-14(3-2-13(25)15(27)28)16(29)26(9)8-10-4-11(17(19,20)21)6-12(5-10)18(22,23)24/h2-6,9H,7-8,25H2,1H3. The number of fused-ring (bicyclic) bond motifs is 1. The van der Waals surface area contributed by atoms with Crippen molar-refractivity contribution in [2.24, 2.45) is 0 Å². The summed E-state index contributed by atoms with van der Waals surface area (Å²) in [6, 6.07) is 3.07. The largest absolute Gasteiger partial charge is 0.416 e. The molecule has 2 N–H and O–H groups in total. The monoisotopic (exact) mass is 419 g/mol. The van der Waals surface area contributed by atoms with E-state index >= 15 is 0 Å². The fraction of sp³-hybridized carbons (Fsp3) is 0.333. The number of benzene rings is 1. The summed E-state index contributed by atoms with van der Waals surface area (Å²) < 4.78 is 79.4. The Balaban J connectivity index is 2.02. The molecule has 3 rings (SSSR count). The molecule has 156 valence electrons. The highest BCUT2D eigenvalue weighted by Gasteiger charge is 2.38. The SMILES string of the molecule is CC1Cn2c(ccc(N)c2=O)C(=O)N1Cc1cc(C(F)(F)F)cc(C(F)(F)F)c1. The number of nitrogen functional groups attached to an aromatic ring is 1. The molecule has 2 aromatic rings. The quantitative estimate of drug-likeness (QED) is 0.758. The molecule has 1 amide bonds. The van der Waals surface area contributed by atoms with Crippen molar-refractivity contribution in [3.05, 3.63) is 63.1 Å². The van der Waals surface area contributed by atoms with Crippen LogP contribution in [0.4, 0.5) is 32.0 Å². The van der Waals surface area contributed by atoms with Crippen LogP contribution >= 0.6 is 0 Å². The normalized spacial score (nSPS) is 17.4. The lowest BCUT2D eigenvalue weighted by atomic mass is 10.0. The van der Waals surface area contributed by atoms with Crippen molar-refractivity contribution < 1.29 is 31.1 Å². The van der Waals surface area contributed by atoms with Crippen LogP contribution in [0.15, 0.2) is 35.1 Å². The Hall–Kier alpha value is -2.98. The van der Waals surface area contributed by atoms with E-state index in [1.165, 1.54) is 19.1 Å². The van der Waals surface area contributed by atoms with Gasteiger partial charge in [0, 0.05) is 19.1 Å². The summed E-state index contributed by atoms with van der Waals surface area (Å²) in [7, 11) is 0. The maximum absolute atomic E-state index is 13.0. The van der Waals surface area contributed by atoms with Crippen molar-refractivity contribution in [3.63, 3.8) is 0 Å². The molecule has 5 nitrogen and oxygen atoms in total. The summed E-state index contributed by atoms with van der Waals surface area (Å²) >= 11 is 0. The highest BCUT2D eigenvalue weighted by Crippen LogP contribution is 2.36. The van der Waals surface area contributed by atoms with E-state index in [1.54, 1.807) is 0 Å². The number of halogens is 6. The van der Waals surface area contributed by atoms with Crippen LogP contribution in [0.2, 0.25) is 0 Å². The van der Waals surface area contributed by atoms with E-state index in [-0.39, 0.29) is 29.6 Å². The Morgan fingerprint density at radius 2 is 1.55 bits per heavy atom. The van der Waals surface area contributed by atoms with E-state index in [1.807, 2.05) is 0 Å². The van der Waals surface area contributed by atoms with Crippen molar-refractivity contribution in [3.8, 4) is 0 Å². The van der Waals surface area contributed by atoms with Crippen LogP contribution < -0.4 is 11.3 Å². The number of rotatable bonds is 2. The van der Waals surface area contributed by atoms with Gasteiger partial charge in [-0.2, -0.15) is 26.3 Å². The van der Waals surface area contributed by atoms with Gasteiger partial charge in [-0.25, -0.2) is 0 Å².